The van der Waals surface area contributed by atoms with E-state index < -0.39 is 0 Å². The second-order valence-corrected chi connectivity index (χ2v) is 6.18. The molecule has 1 heterocycles. The predicted molar refractivity (Wildman–Crippen MR) is 74.0 cm³/mol. The van der Waals surface area contributed by atoms with E-state index in [4.69, 9.17) is 4.74 Å². The number of hydrogen-bond acceptors (Lipinski definition) is 6. The third-order valence-electron chi connectivity index (χ3n) is 2.08. The van der Waals surface area contributed by atoms with Crippen molar-refractivity contribution in [2.24, 2.45) is 0 Å². The van der Waals surface area contributed by atoms with Gasteiger partial charge in [0.1, 0.15) is 5.01 Å². The Balaban J connectivity index is 1.84. The summed E-state index contributed by atoms with van der Waals surface area (Å²) in [5.41, 5.74) is 0. The lowest BCUT2D eigenvalue weighted by Gasteiger charge is -2.04. The Morgan fingerprint density at radius 3 is 2.88 bits per heavy atom. The Morgan fingerprint density at radius 2 is 2.18 bits per heavy atom. The van der Waals surface area contributed by atoms with Crippen LogP contribution in [0, 0.1) is 6.92 Å². The largest absolute Gasteiger partial charge is 0.380 e. The molecule has 98 valence electrons. The number of ether oxygens (including phenoxy) is 1. The van der Waals surface area contributed by atoms with E-state index in [9.17, 15) is 0 Å². The van der Waals surface area contributed by atoms with E-state index in [1.165, 1.54) is 6.42 Å². The van der Waals surface area contributed by atoms with Crippen LogP contribution in [0.2, 0.25) is 0 Å². The van der Waals surface area contributed by atoms with Gasteiger partial charge in [-0.15, -0.1) is 10.2 Å². The molecule has 0 atom stereocenters. The Hall–Kier alpha value is -0.170. The molecule has 0 saturated carbocycles. The lowest BCUT2D eigenvalue weighted by atomic mass is 10.4. The molecule has 1 N–H and O–H groups in total. The zero-order valence-corrected chi connectivity index (χ0v) is 12.2. The van der Waals surface area contributed by atoms with Gasteiger partial charge >= 0.3 is 0 Å². The van der Waals surface area contributed by atoms with E-state index in [1.807, 2.05) is 6.92 Å². The van der Waals surface area contributed by atoms with Crippen LogP contribution >= 0.6 is 23.1 Å². The molecule has 0 amide bonds. The summed E-state index contributed by atoms with van der Waals surface area (Å²) in [5.74, 6) is 1.03. The first-order valence-electron chi connectivity index (χ1n) is 6.04. The van der Waals surface area contributed by atoms with Gasteiger partial charge in [0.05, 0.1) is 6.61 Å². The normalized spacial score (nSPS) is 10.9. The molecule has 0 aromatic carbocycles. The molecule has 0 bridgehead atoms. The minimum absolute atomic E-state index is 0.808. The van der Waals surface area contributed by atoms with Crippen LogP contribution in [0.1, 0.15) is 24.8 Å². The van der Waals surface area contributed by atoms with Gasteiger partial charge in [-0.25, -0.2) is 0 Å². The van der Waals surface area contributed by atoms with Crippen LogP contribution < -0.4 is 5.32 Å². The van der Waals surface area contributed by atoms with Gasteiger partial charge in [-0.1, -0.05) is 36.4 Å². The number of rotatable bonds is 10. The summed E-state index contributed by atoms with van der Waals surface area (Å²) >= 11 is 3.41. The maximum atomic E-state index is 5.45. The fourth-order valence-electron chi connectivity index (χ4n) is 1.17. The number of aromatic nitrogens is 2. The van der Waals surface area contributed by atoms with E-state index in [1.54, 1.807) is 23.1 Å². The summed E-state index contributed by atoms with van der Waals surface area (Å²) in [4.78, 5) is 0. The van der Waals surface area contributed by atoms with Crippen LogP contribution in [-0.4, -0.2) is 42.3 Å². The van der Waals surface area contributed by atoms with Crippen molar-refractivity contribution in [3.8, 4) is 0 Å². The maximum absolute atomic E-state index is 5.45. The zero-order chi connectivity index (χ0) is 12.3. The zero-order valence-electron chi connectivity index (χ0n) is 10.6. The number of nitrogens with one attached hydrogen (secondary N) is 1. The number of hydrogen-bond donors (Lipinski definition) is 1. The number of aryl methyl sites for hydroxylation is 1. The van der Waals surface area contributed by atoms with Gasteiger partial charge in [0.15, 0.2) is 4.34 Å². The van der Waals surface area contributed by atoms with Crippen LogP contribution in [0.4, 0.5) is 0 Å². The molecule has 0 radical (unpaired) electrons. The molecular weight excluding hydrogens is 254 g/mol. The average Bonchev–Trinajstić information content (AvgIpc) is 2.73. The topological polar surface area (TPSA) is 47.0 Å². The third kappa shape index (κ3) is 7.70. The Bertz CT molecular complexity index is 294. The number of nitrogens with zero attached hydrogens (tertiary/aromatic N) is 2. The highest BCUT2D eigenvalue weighted by Crippen LogP contribution is 2.20. The number of thioether (sulfide) groups is 1. The Labute approximate surface area is 112 Å². The molecule has 0 fully saturated rings. The fourth-order valence-corrected chi connectivity index (χ4v) is 2.95. The van der Waals surface area contributed by atoms with Gasteiger partial charge < -0.3 is 10.1 Å². The van der Waals surface area contributed by atoms with Crippen LogP contribution in [0.5, 0.6) is 0 Å². The van der Waals surface area contributed by atoms with Crippen LogP contribution in [0.3, 0.4) is 0 Å². The Morgan fingerprint density at radius 1 is 1.29 bits per heavy atom. The summed E-state index contributed by atoms with van der Waals surface area (Å²) in [7, 11) is 0. The van der Waals surface area contributed by atoms with Gasteiger partial charge in [-0.2, -0.15) is 0 Å². The standard InChI is InChI=1S/C11H21N3OS2/c1-3-4-7-15-8-5-12-6-9-16-11-14-13-10(2)17-11/h12H,3-9H2,1-2H3. The highest BCUT2D eigenvalue weighted by atomic mass is 32.2. The monoisotopic (exact) mass is 275 g/mol. The van der Waals surface area contributed by atoms with E-state index in [-0.39, 0.29) is 0 Å². The Kier molecular flexibility index (Phi) is 8.60. The lowest BCUT2D eigenvalue weighted by molar-refractivity contribution is 0.133. The van der Waals surface area contributed by atoms with Gasteiger partial charge in [-0.3, -0.25) is 0 Å². The van der Waals surface area contributed by atoms with Crippen molar-refractivity contribution in [3.05, 3.63) is 5.01 Å². The first-order chi connectivity index (χ1) is 8.33. The van der Waals surface area contributed by atoms with E-state index in [0.29, 0.717) is 0 Å². The van der Waals surface area contributed by atoms with Crippen molar-refractivity contribution in [2.45, 2.75) is 31.0 Å². The van der Waals surface area contributed by atoms with Crippen LogP contribution in [-0.2, 0) is 4.74 Å². The molecule has 0 aliphatic heterocycles. The molecule has 0 unspecified atom stereocenters. The molecule has 0 aliphatic carbocycles. The van der Waals surface area contributed by atoms with Crippen molar-refractivity contribution >= 4 is 23.1 Å². The minimum atomic E-state index is 0.808. The lowest BCUT2D eigenvalue weighted by Crippen LogP contribution is -2.22. The molecule has 6 heteroatoms. The smallest absolute Gasteiger partial charge is 0.174 e. The molecule has 1 aromatic rings. The summed E-state index contributed by atoms with van der Waals surface area (Å²) in [6.07, 6.45) is 2.36. The highest BCUT2D eigenvalue weighted by Gasteiger charge is 1.99. The fraction of sp³-hybridized carbons (Fsp3) is 0.818. The molecule has 0 aliphatic rings. The van der Waals surface area contributed by atoms with Crippen molar-refractivity contribution < 1.29 is 4.74 Å². The SMILES string of the molecule is CCCCOCCNCCSc1nnc(C)s1. The van der Waals surface area contributed by atoms with Crippen LogP contribution in [0.15, 0.2) is 4.34 Å². The van der Waals surface area contributed by atoms with E-state index in [2.05, 4.69) is 22.4 Å². The van der Waals surface area contributed by atoms with Crippen molar-refractivity contribution in [1.82, 2.24) is 15.5 Å². The molecule has 4 nitrogen and oxygen atoms in total. The minimum Gasteiger partial charge on any atom is -0.380 e. The second kappa shape index (κ2) is 9.82. The summed E-state index contributed by atoms with van der Waals surface area (Å²) in [6.45, 7) is 7.76. The van der Waals surface area contributed by atoms with Crippen molar-refractivity contribution in [3.63, 3.8) is 0 Å². The van der Waals surface area contributed by atoms with Crippen molar-refractivity contribution in [1.29, 1.82) is 0 Å². The first-order valence-corrected chi connectivity index (χ1v) is 7.84. The third-order valence-corrected chi connectivity index (χ3v) is 4.05. The molecule has 1 rings (SSSR count). The predicted octanol–water partition coefficient (Wildman–Crippen LogP) is 2.34. The quantitative estimate of drug-likeness (QED) is 0.524. The van der Waals surface area contributed by atoms with Gasteiger partial charge in [-0.05, 0) is 13.3 Å². The molecular formula is C11H21N3OS2. The molecule has 17 heavy (non-hydrogen) atoms. The summed E-state index contributed by atoms with van der Waals surface area (Å²) in [5, 5.41) is 12.4. The van der Waals surface area contributed by atoms with Crippen molar-refractivity contribution in [2.75, 3.05) is 32.1 Å². The van der Waals surface area contributed by atoms with Gasteiger partial charge in [0.2, 0.25) is 0 Å². The summed E-state index contributed by atoms with van der Waals surface area (Å²) < 4.78 is 6.51. The second-order valence-electron chi connectivity index (χ2n) is 3.65. The molecule has 1 aromatic heterocycles. The van der Waals surface area contributed by atoms with Gasteiger partial charge in [0.25, 0.3) is 0 Å². The summed E-state index contributed by atoms with van der Waals surface area (Å²) in [6, 6.07) is 0. The molecule has 0 spiro atoms. The maximum Gasteiger partial charge on any atom is 0.174 e. The highest BCUT2D eigenvalue weighted by molar-refractivity contribution is 8.01. The molecule has 0 saturated heterocycles. The van der Waals surface area contributed by atoms with Gasteiger partial charge in [0, 0.05) is 25.4 Å². The number of unbranched alkanes of at least 4 members (excludes halogenated alkanes) is 1. The first kappa shape index (κ1) is 14.9. The van der Waals surface area contributed by atoms with E-state index >= 15 is 0 Å². The average molecular weight is 275 g/mol. The van der Waals surface area contributed by atoms with Crippen LogP contribution in [0.25, 0.3) is 0 Å². The van der Waals surface area contributed by atoms with E-state index in [0.717, 1.165) is 47.8 Å².